The molecule has 0 aliphatic heterocycles. The van der Waals surface area contributed by atoms with Crippen molar-refractivity contribution in [1.82, 2.24) is 4.98 Å². The second-order valence-corrected chi connectivity index (χ2v) is 6.91. The van der Waals surface area contributed by atoms with Gasteiger partial charge in [0.05, 0.1) is 30.7 Å². The summed E-state index contributed by atoms with van der Waals surface area (Å²) in [5.74, 6) is 0.704. The van der Waals surface area contributed by atoms with Crippen LogP contribution in [-0.4, -0.2) is 30.3 Å². The third kappa shape index (κ3) is 5.31. The summed E-state index contributed by atoms with van der Waals surface area (Å²) in [6.07, 6.45) is 1.71. The van der Waals surface area contributed by atoms with Gasteiger partial charge in [0, 0.05) is 34.8 Å². The van der Waals surface area contributed by atoms with Crippen molar-refractivity contribution in [2.24, 2.45) is 10.7 Å². The van der Waals surface area contributed by atoms with E-state index in [-0.39, 0.29) is 0 Å². The Bertz CT molecular complexity index is 1150. The maximum atomic E-state index is 11.8. The molecule has 7 nitrogen and oxygen atoms in total. The highest BCUT2D eigenvalue weighted by atomic mass is 16.5. The van der Waals surface area contributed by atoms with Crippen LogP contribution in [0.3, 0.4) is 0 Å². The van der Waals surface area contributed by atoms with E-state index in [1.54, 1.807) is 37.6 Å². The lowest BCUT2D eigenvalue weighted by atomic mass is 10.1. The van der Waals surface area contributed by atoms with Gasteiger partial charge in [-0.3, -0.25) is 9.79 Å². The Labute approximate surface area is 187 Å². The lowest BCUT2D eigenvalue weighted by Crippen LogP contribution is -2.14. The molecule has 7 heteroatoms. The molecule has 0 saturated carbocycles. The van der Waals surface area contributed by atoms with E-state index in [0.717, 1.165) is 16.8 Å². The molecule has 0 fully saturated rings. The molecule has 0 bridgehead atoms. The molecule has 32 heavy (non-hydrogen) atoms. The molecule has 0 spiro atoms. The van der Waals surface area contributed by atoms with Gasteiger partial charge < -0.3 is 20.5 Å². The number of nitrogens with zero attached hydrogens (tertiary/aromatic N) is 2. The highest BCUT2D eigenvalue weighted by Gasteiger charge is 2.13. The number of anilines is 1. The fourth-order valence-electron chi connectivity index (χ4n) is 3.11. The lowest BCUT2D eigenvalue weighted by Gasteiger charge is -2.16. The maximum Gasteiger partial charge on any atom is 0.250 e. The molecule has 0 unspecified atom stereocenters. The topological polar surface area (TPSA) is 98.8 Å². The van der Waals surface area contributed by atoms with E-state index in [1.165, 1.54) is 0 Å². The number of aromatic nitrogens is 1. The normalized spacial score (nSPS) is 11.0. The predicted octanol–water partition coefficient (Wildman–Crippen LogP) is 4.81. The Balaban J connectivity index is 1.99. The van der Waals surface area contributed by atoms with E-state index in [9.17, 15) is 4.79 Å². The summed E-state index contributed by atoms with van der Waals surface area (Å²) in [7, 11) is 1.57. The van der Waals surface area contributed by atoms with Gasteiger partial charge in [-0.2, -0.15) is 0 Å². The third-order valence-corrected chi connectivity index (χ3v) is 4.73. The molecule has 3 N–H and O–H groups in total. The van der Waals surface area contributed by atoms with Crippen molar-refractivity contribution in [1.29, 1.82) is 0 Å². The van der Waals surface area contributed by atoms with E-state index in [4.69, 9.17) is 20.2 Å². The van der Waals surface area contributed by atoms with E-state index in [2.05, 4.69) is 16.9 Å². The minimum atomic E-state index is -0.523. The number of hydrogen-bond acceptors (Lipinski definition) is 6. The number of amides is 1. The summed E-state index contributed by atoms with van der Waals surface area (Å²) >= 11 is 0. The number of carbonyl (C=O) groups excluding carboxylic acids is 1. The van der Waals surface area contributed by atoms with E-state index >= 15 is 0 Å². The van der Waals surface area contributed by atoms with Crippen molar-refractivity contribution < 1.29 is 14.3 Å². The van der Waals surface area contributed by atoms with Crippen molar-refractivity contribution >= 4 is 28.7 Å². The van der Waals surface area contributed by atoms with Crippen LogP contribution in [0.1, 0.15) is 35.3 Å². The highest BCUT2D eigenvalue weighted by molar-refractivity contribution is 6.02. The summed E-state index contributed by atoms with van der Waals surface area (Å²) in [4.78, 5) is 20.8. The van der Waals surface area contributed by atoms with Crippen LogP contribution in [0.4, 0.5) is 11.4 Å². The van der Waals surface area contributed by atoms with Gasteiger partial charge in [-0.1, -0.05) is 18.7 Å². The number of carbonyl (C=O) groups is 1. The number of aliphatic imine (C=N–C) groups is 1. The second-order valence-electron chi connectivity index (χ2n) is 6.91. The van der Waals surface area contributed by atoms with Crippen LogP contribution in [0.5, 0.6) is 11.6 Å². The van der Waals surface area contributed by atoms with Gasteiger partial charge in [-0.25, -0.2) is 4.98 Å². The zero-order valence-electron chi connectivity index (χ0n) is 18.4. The number of nitrogens with one attached hydrogen (secondary N) is 1. The second kappa shape index (κ2) is 10.3. The van der Waals surface area contributed by atoms with Crippen LogP contribution in [0.2, 0.25) is 0 Å². The number of rotatable bonds is 9. The molecule has 1 heterocycles. The molecule has 164 valence electrons. The van der Waals surface area contributed by atoms with Crippen LogP contribution < -0.4 is 20.5 Å². The fraction of sp³-hybridized carbons (Fsp3) is 0.160. The van der Waals surface area contributed by atoms with Gasteiger partial charge >= 0.3 is 0 Å². The Morgan fingerprint density at radius 1 is 1.16 bits per heavy atom. The van der Waals surface area contributed by atoms with Crippen molar-refractivity contribution in [2.45, 2.75) is 13.8 Å². The van der Waals surface area contributed by atoms with Crippen LogP contribution in [0.25, 0.3) is 5.70 Å². The number of hydrogen-bond donors (Lipinski definition) is 2. The molecule has 3 rings (SSSR count). The van der Waals surface area contributed by atoms with Gasteiger partial charge in [0.15, 0.2) is 0 Å². The van der Waals surface area contributed by atoms with Crippen LogP contribution in [0.15, 0.2) is 72.4 Å². The summed E-state index contributed by atoms with van der Waals surface area (Å²) in [5, 5.41) is 3.20. The SMILES string of the molecule is C=C(Nc1ccccc1C(N)=O)c1cc(OCC)ccc1N=C(C)c1ccc(OC)nc1. The number of benzene rings is 2. The molecule has 0 atom stereocenters. The monoisotopic (exact) mass is 430 g/mol. The molecular weight excluding hydrogens is 404 g/mol. The standard InChI is InChI=1S/C25H26N4O3/c1-5-32-19-11-12-23(28-16(2)18-10-13-24(31-4)27-15-18)21(14-19)17(3)29-22-9-7-6-8-20(22)25(26)30/h6-15,29H,3,5H2,1-2,4H3,(H2,26,30). The molecule has 0 aliphatic carbocycles. The van der Waals surface area contributed by atoms with E-state index in [1.807, 2.05) is 44.2 Å². The first kappa shape index (κ1) is 22.6. The van der Waals surface area contributed by atoms with Crippen LogP contribution in [0, 0.1) is 0 Å². The molecule has 0 aliphatic rings. The quantitative estimate of drug-likeness (QED) is 0.475. The average molecular weight is 431 g/mol. The van der Waals surface area contributed by atoms with Crippen LogP contribution in [-0.2, 0) is 0 Å². The Morgan fingerprint density at radius 3 is 2.59 bits per heavy atom. The van der Waals surface area contributed by atoms with Crippen molar-refractivity contribution in [3.8, 4) is 11.6 Å². The first-order valence-corrected chi connectivity index (χ1v) is 10.1. The Morgan fingerprint density at radius 2 is 1.94 bits per heavy atom. The first-order chi connectivity index (χ1) is 15.4. The van der Waals surface area contributed by atoms with Crippen molar-refractivity contribution in [3.05, 3.63) is 84.1 Å². The molecule has 0 saturated heterocycles. The smallest absolute Gasteiger partial charge is 0.250 e. The molecule has 3 aromatic rings. The van der Waals surface area contributed by atoms with Gasteiger partial charge in [-0.15, -0.1) is 0 Å². The van der Waals surface area contributed by atoms with Gasteiger partial charge in [-0.05, 0) is 50.2 Å². The Hall–Kier alpha value is -4.13. The zero-order valence-corrected chi connectivity index (χ0v) is 18.4. The minimum absolute atomic E-state index is 0.375. The molecule has 2 aromatic carbocycles. The lowest BCUT2D eigenvalue weighted by molar-refractivity contribution is 0.100. The molecule has 1 amide bonds. The van der Waals surface area contributed by atoms with Crippen LogP contribution >= 0.6 is 0 Å². The predicted molar refractivity (Wildman–Crippen MR) is 128 cm³/mol. The maximum absolute atomic E-state index is 11.8. The highest BCUT2D eigenvalue weighted by Crippen LogP contribution is 2.32. The zero-order chi connectivity index (χ0) is 23.1. The Kier molecular flexibility index (Phi) is 7.23. The summed E-state index contributed by atoms with van der Waals surface area (Å²) in [6.45, 7) is 8.52. The fourth-order valence-corrected chi connectivity index (χ4v) is 3.11. The van der Waals surface area contributed by atoms with Gasteiger partial charge in [0.2, 0.25) is 5.88 Å². The van der Waals surface area contributed by atoms with Crippen molar-refractivity contribution in [3.63, 3.8) is 0 Å². The third-order valence-electron chi connectivity index (χ3n) is 4.73. The number of pyridine rings is 1. The largest absolute Gasteiger partial charge is 0.494 e. The number of nitrogens with two attached hydrogens (primary N) is 1. The number of methoxy groups -OCH3 is 1. The molecular formula is C25H26N4O3. The van der Waals surface area contributed by atoms with Crippen molar-refractivity contribution in [2.75, 3.05) is 19.0 Å². The molecule has 0 radical (unpaired) electrons. The first-order valence-electron chi connectivity index (χ1n) is 10.1. The van der Waals surface area contributed by atoms with Gasteiger partial charge in [0.1, 0.15) is 5.75 Å². The summed E-state index contributed by atoms with van der Waals surface area (Å²) < 4.78 is 10.8. The van der Waals surface area contributed by atoms with E-state index < -0.39 is 5.91 Å². The average Bonchev–Trinajstić information content (AvgIpc) is 2.80. The molecule has 1 aromatic heterocycles. The van der Waals surface area contributed by atoms with Gasteiger partial charge in [0.25, 0.3) is 5.91 Å². The minimum Gasteiger partial charge on any atom is -0.494 e. The number of para-hydroxylation sites is 1. The summed E-state index contributed by atoms with van der Waals surface area (Å²) in [5.41, 5.74) is 10.1. The number of primary amides is 1. The number of ether oxygens (including phenoxy) is 2. The summed E-state index contributed by atoms with van der Waals surface area (Å²) in [6, 6.07) is 16.3. The van der Waals surface area contributed by atoms with E-state index in [0.29, 0.717) is 40.9 Å².